The number of carbonyl (C=O) groups is 1. The van der Waals surface area contributed by atoms with Gasteiger partial charge in [-0.15, -0.1) is 0 Å². The molecule has 8 nitrogen and oxygen atoms in total. The normalized spacial score (nSPS) is 17.8. The Bertz CT molecular complexity index is 1130. The number of aromatic nitrogens is 3. The van der Waals surface area contributed by atoms with E-state index < -0.39 is 6.61 Å². The predicted molar refractivity (Wildman–Crippen MR) is 116 cm³/mol. The molecule has 3 aromatic rings. The number of pyridine rings is 1. The zero-order valence-electron chi connectivity index (χ0n) is 18.2. The molecule has 1 amide bonds. The topological polar surface area (TPSA) is 93.7 Å². The molecule has 0 unspecified atom stereocenters. The Kier molecular flexibility index (Phi) is 6.71. The smallest absolute Gasteiger partial charge is 0.387 e. The Morgan fingerprint density at radius 2 is 1.97 bits per heavy atom. The van der Waals surface area contributed by atoms with Gasteiger partial charge >= 0.3 is 6.61 Å². The van der Waals surface area contributed by atoms with E-state index in [-0.39, 0.29) is 18.2 Å². The van der Waals surface area contributed by atoms with Gasteiger partial charge in [0.15, 0.2) is 11.6 Å². The van der Waals surface area contributed by atoms with Crippen molar-refractivity contribution in [3.63, 3.8) is 0 Å². The molecule has 2 aromatic heterocycles. The lowest BCUT2D eigenvalue weighted by atomic mass is 9.71. The number of ether oxygens (including phenoxy) is 1. The molecule has 10 heteroatoms. The minimum atomic E-state index is -2.83. The first-order chi connectivity index (χ1) is 15.9. The fraction of sp³-hybridized carbons (Fsp3) is 0.348. The van der Waals surface area contributed by atoms with Crippen molar-refractivity contribution in [2.75, 3.05) is 0 Å². The molecule has 1 aromatic carbocycles. The summed E-state index contributed by atoms with van der Waals surface area (Å²) in [6, 6.07) is 8.58. The van der Waals surface area contributed by atoms with E-state index in [2.05, 4.69) is 24.9 Å². The summed E-state index contributed by atoms with van der Waals surface area (Å²) < 4.78 is 34.2. The van der Waals surface area contributed by atoms with Crippen molar-refractivity contribution in [2.45, 2.75) is 51.7 Å². The number of carbonyl (C=O) groups excluding carboxylic acids is 1. The Morgan fingerprint density at radius 3 is 2.67 bits per heavy atom. The second-order valence-corrected chi connectivity index (χ2v) is 7.96. The van der Waals surface area contributed by atoms with Crippen LogP contribution < -0.4 is 4.74 Å². The molecule has 1 saturated carbocycles. The van der Waals surface area contributed by atoms with E-state index in [1.54, 1.807) is 30.5 Å². The number of aliphatic imine (C=N–C) groups is 1. The van der Waals surface area contributed by atoms with Crippen LogP contribution in [0.25, 0.3) is 0 Å². The molecule has 0 N–H and O–H groups in total. The van der Waals surface area contributed by atoms with Crippen LogP contribution in [0, 0.1) is 13.8 Å². The van der Waals surface area contributed by atoms with Crippen LogP contribution in [0.5, 0.6) is 5.75 Å². The highest BCUT2D eigenvalue weighted by Gasteiger charge is 2.34. The van der Waals surface area contributed by atoms with Crippen molar-refractivity contribution in [3.05, 3.63) is 64.9 Å². The fourth-order valence-corrected chi connectivity index (χ4v) is 3.66. The van der Waals surface area contributed by atoms with Gasteiger partial charge in [-0.3, -0.25) is 9.69 Å². The molecule has 0 atom stereocenters. The van der Waals surface area contributed by atoms with Crippen LogP contribution in [-0.2, 0) is 11.3 Å². The SMILES string of the molecule is Cc1ccnc(N=CN(C=O)Cc2nc(C3CC(c4ccc(OC(F)F)cc4)C3)no2)c1C. The Balaban J connectivity index is 1.32. The Labute approximate surface area is 189 Å². The lowest BCUT2D eigenvalue weighted by molar-refractivity contribution is -0.115. The summed E-state index contributed by atoms with van der Waals surface area (Å²) in [4.78, 5) is 25.7. The average molecular weight is 455 g/mol. The molecule has 0 saturated heterocycles. The minimum Gasteiger partial charge on any atom is -0.435 e. The van der Waals surface area contributed by atoms with E-state index in [9.17, 15) is 13.6 Å². The van der Waals surface area contributed by atoms with Gasteiger partial charge in [0, 0.05) is 12.1 Å². The number of amides is 1. The molecule has 1 aliphatic rings. The van der Waals surface area contributed by atoms with Gasteiger partial charge in [-0.1, -0.05) is 17.3 Å². The van der Waals surface area contributed by atoms with Gasteiger partial charge in [-0.2, -0.15) is 13.8 Å². The fourth-order valence-electron chi connectivity index (χ4n) is 3.66. The third-order valence-electron chi connectivity index (χ3n) is 5.79. The Hall–Kier alpha value is -3.69. The van der Waals surface area contributed by atoms with Gasteiger partial charge in [0.2, 0.25) is 12.3 Å². The molecule has 0 spiro atoms. The summed E-state index contributed by atoms with van der Waals surface area (Å²) in [7, 11) is 0. The van der Waals surface area contributed by atoms with Crippen LogP contribution in [0.2, 0.25) is 0 Å². The van der Waals surface area contributed by atoms with Crippen LogP contribution in [0.4, 0.5) is 14.6 Å². The van der Waals surface area contributed by atoms with Crippen molar-refractivity contribution in [1.82, 2.24) is 20.0 Å². The van der Waals surface area contributed by atoms with Gasteiger partial charge < -0.3 is 9.26 Å². The number of nitrogens with zero attached hydrogens (tertiary/aromatic N) is 5. The molecule has 0 aliphatic heterocycles. The van der Waals surface area contributed by atoms with Crippen LogP contribution in [0.1, 0.15) is 53.1 Å². The van der Waals surface area contributed by atoms with E-state index >= 15 is 0 Å². The van der Waals surface area contributed by atoms with E-state index in [1.165, 1.54) is 11.2 Å². The minimum absolute atomic E-state index is 0.104. The van der Waals surface area contributed by atoms with Crippen LogP contribution in [-0.4, -0.2) is 39.4 Å². The van der Waals surface area contributed by atoms with Crippen molar-refractivity contribution < 1.29 is 22.8 Å². The summed E-state index contributed by atoms with van der Waals surface area (Å²) in [6.45, 7) is 1.16. The second-order valence-electron chi connectivity index (χ2n) is 7.96. The summed E-state index contributed by atoms with van der Waals surface area (Å²) in [5.41, 5.74) is 3.06. The summed E-state index contributed by atoms with van der Waals surface area (Å²) in [5, 5.41) is 4.06. The largest absolute Gasteiger partial charge is 0.435 e. The number of hydrogen-bond acceptors (Lipinski definition) is 7. The van der Waals surface area contributed by atoms with Crippen LogP contribution in [0.3, 0.4) is 0 Å². The highest BCUT2D eigenvalue weighted by atomic mass is 19.3. The molecule has 1 fully saturated rings. The number of aryl methyl sites for hydroxylation is 1. The molecule has 172 valence electrons. The van der Waals surface area contributed by atoms with E-state index in [1.807, 2.05) is 19.9 Å². The van der Waals surface area contributed by atoms with Gasteiger partial charge in [0.1, 0.15) is 12.3 Å². The quantitative estimate of drug-likeness (QED) is 0.265. The molecule has 1 aliphatic carbocycles. The Morgan fingerprint density at radius 1 is 1.21 bits per heavy atom. The molecule has 2 heterocycles. The van der Waals surface area contributed by atoms with Crippen molar-refractivity contribution in [2.24, 2.45) is 4.99 Å². The second kappa shape index (κ2) is 9.85. The first kappa shape index (κ1) is 22.5. The molecule has 4 rings (SSSR count). The molecular formula is C23H23F2N5O3. The molecular weight excluding hydrogens is 432 g/mol. The molecule has 0 bridgehead atoms. The number of alkyl halides is 2. The monoisotopic (exact) mass is 455 g/mol. The summed E-state index contributed by atoms with van der Waals surface area (Å²) in [6.07, 6.45) is 5.35. The van der Waals surface area contributed by atoms with Crippen LogP contribution >= 0.6 is 0 Å². The first-order valence-electron chi connectivity index (χ1n) is 10.5. The third kappa shape index (κ3) is 5.39. The number of benzene rings is 1. The van der Waals surface area contributed by atoms with Gasteiger partial charge in [-0.05, 0) is 67.5 Å². The standard InChI is InChI=1S/C23H23F2N5O3/c1-14-7-8-26-21(15(14)2)27-12-30(13-31)11-20-28-22(29-33-20)18-9-17(10-18)16-3-5-19(6-4-16)32-23(24)25/h3-8,12-13,17-18,23H,9-11H2,1-2H3. The highest BCUT2D eigenvalue weighted by molar-refractivity contribution is 5.74. The maximum Gasteiger partial charge on any atom is 0.387 e. The van der Waals surface area contributed by atoms with E-state index in [0.717, 1.165) is 29.5 Å². The number of hydrogen-bond donors (Lipinski definition) is 0. The van der Waals surface area contributed by atoms with Crippen molar-refractivity contribution >= 4 is 18.6 Å². The number of rotatable bonds is 9. The zero-order chi connectivity index (χ0) is 23.4. The van der Waals surface area contributed by atoms with Gasteiger partial charge in [-0.25, -0.2) is 9.98 Å². The summed E-state index contributed by atoms with van der Waals surface area (Å²) >= 11 is 0. The molecule has 0 radical (unpaired) electrons. The molecule has 33 heavy (non-hydrogen) atoms. The maximum absolute atomic E-state index is 12.3. The van der Waals surface area contributed by atoms with Crippen molar-refractivity contribution in [1.29, 1.82) is 0 Å². The lowest BCUT2D eigenvalue weighted by Gasteiger charge is -2.33. The van der Waals surface area contributed by atoms with Gasteiger partial charge in [0.25, 0.3) is 0 Å². The van der Waals surface area contributed by atoms with Crippen LogP contribution in [0.15, 0.2) is 46.0 Å². The highest BCUT2D eigenvalue weighted by Crippen LogP contribution is 2.46. The zero-order valence-corrected chi connectivity index (χ0v) is 18.2. The van der Waals surface area contributed by atoms with Crippen molar-refractivity contribution in [3.8, 4) is 5.75 Å². The van der Waals surface area contributed by atoms with Gasteiger partial charge in [0.05, 0.1) is 6.34 Å². The average Bonchev–Trinajstić information content (AvgIpc) is 3.21. The van der Waals surface area contributed by atoms with E-state index in [4.69, 9.17) is 4.52 Å². The van der Waals surface area contributed by atoms with E-state index in [0.29, 0.717) is 29.9 Å². The first-order valence-corrected chi connectivity index (χ1v) is 10.5. The number of halogens is 2. The third-order valence-corrected chi connectivity index (χ3v) is 5.79. The maximum atomic E-state index is 12.3. The summed E-state index contributed by atoms with van der Waals surface area (Å²) in [5.74, 6) is 2.03. The predicted octanol–water partition coefficient (Wildman–Crippen LogP) is 4.66. The lowest BCUT2D eigenvalue weighted by Crippen LogP contribution is -2.22.